The smallest absolute Gasteiger partial charge is 0.408 e. The zero-order valence-corrected chi connectivity index (χ0v) is 7.88. The number of rotatable bonds is 3. The van der Waals surface area contributed by atoms with Crippen LogP contribution in [0.3, 0.4) is 0 Å². The normalized spacial score (nSPS) is 17.8. The quantitative estimate of drug-likeness (QED) is 0.665. The minimum atomic E-state index is -0.887. The van der Waals surface area contributed by atoms with Crippen LogP contribution in [0.25, 0.3) is 0 Å². The second-order valence-corrected chi connectivity index (χ2v) is 2.90. The van der Waals surface area contributed by atoms with Crippen LogP contribution in [0.5, 0.6) is 0 Å². The highest BCUT2D eigenvalue weighted by Gasteiger charge is 2.35. The maximum absolute atomic E-state index is 10.6. The molecule has 0 heterocycles. The molecule has 1 amide bonds. The summed E-state index contributed by atoms with van der Waals surface area (Å²) in [7, 11) is 0. The summed E-state index contributed by atoms with van der Waals surface area (Å²) in [5.74, 6) is 0. The summed E-state index contributed by atoms with van der Waals surface area (Å²) < 4.78 is 0. The van der Waals surface area contributed by atoms with Crippen molar-refractivity contribution in [3.8, 4) is 0 Å². The van der Waals surface area contributed by atoms with Gasteiger partial charge in [-0.3, -0.25) is 4.90 Å². The lowest BCUT2D eigenvalue weighted by Gasteiger charge is -2.24. The molecule has 0 spiro atoms. The predicted octanol–water partition coefficient (Wildman–Crippen LogP) is 1.25. The van der Waals surface area contributed by atoms with Crippen molar-refractivity contribution in [3.63, 3.8) is 0 Å². The number of nitrogens with zero attached hydrogens (tertiary/aromatic N) is 1. The summed E-state index contributed by atoms with van der Waals surface area (Å²) >= 11 is 0. The Kier molecular flexibility index (Phi) is 4.34. The Morgan fingerprint density at radius 3 is 2.50 bits per heavy atom. The van der Waals surface area contributed by atoms with Crippen LogP contribution in [-0.4, -0.2) is 28.3 Å². The molecule has 0 aromatic heterocycles. The molecule has 0 aliphatic heterocycles. The van der Waals surface area contributed by atoms with E-state index in [4.69, 9.17) is 10.8 Å². The molecule has 1 aliphatic carbocycles. The first kappa shape index (κ1) is 11.5. The third kappa shape index (κ3) is 2.53. The maximum Gasteiger partial charge on any atom is 0.408 e. The fourth-order valence-corrected chi connectivity index (χ4v) is 1.12. The van der Waals surface area contributed by atoms with Crippen molar-refractivity contribution in [3.05, 3.63) is 0 Å². The van der Waals surface area contributed by atoms with Crippen LogP contribution in [0.15, 0.2) is 0 Å². The van der Waals surface area contributed by atoms with Gasteiger partial charge < -0.3 is 10.8 Å². The molecule has 1 aliphatic rings. The molecule has 5 heteroatoms. The Hall–Kier alpha value is -0.480. The zero-order chi connectivity index (χ0) is 8.43. The van der Waals surface area contributed by atoms with E-state index >= 15 is 0 Å². The molecule has 1 fully saturated rings. The van der Waals surface area contributed by atoms with Crippen LogP contribution in [0.2, 0.25) is 0 Å². The van der Waals surface area contributed by atoms with Crippen molar-refractivity contribution in [1.29, 1.82) is 0 Å². The first-order valence-corrected chi connectivity index (χ1v) is 3.93. The molecule has 72 valence electrons. The van der Waals surface area contributed by atoms with E-state index < -0.39 is 6.09 Å². The van der Waals surface area contributed by atoms with Gasteiger partial charge in [-0.05, 0) is 19.3 Å². The van der Waals surface area contributed by atoms with Gasteiger partial charge in [-0.15, -0.1) is 12.4 Å². The van der Waals surface area contributed by atoms with Crippen LogP contribution in [0.1, 0.15) is 26.2 Å². The molecule has 1 unspecified atom stereocenters. The zero-order valence-electron chi connectivity index (χ0n) is 7.06. The van der Waals surface area contributed by atoms with Crippen molar-refractivity contribution in [2.75, 3.05) is 0 Å². The fourth-order valence-electron chi connectivity index (χ4n) is 1.12. The molecule has 1 rings (SSSR count). The van der Waals surface area contributed by atoms with E-state index in [9.17, 15) is 4.79 Å². The minimum Gasteiger partial charge on any atom is -0.465 e. The molecule has 0 radical (unpaired) electrons. The molecule has 0 saturated heterocycles. The van der Waals surface area contributed by atoms with Crippen LogP contribution < -0.4 is 5.73 Å². The number of carboxylic acid groups (broad SMARTS) is 1. The molecule has 1 saturated carbocycles. The molecule has 0 bridgehead atoms. The van der Waals surface area contributed by atoms with E-state index in [0.717, 1.165) is 12.8 Å². The third-order valence-electron chi connectivity index (χ3n) is 1.94. The maximum atomic E-state index is 10.6. The van der Waals surface area contributed by atoms with Crippen molar-refractivity contribution in [2.45, 2.75) is 38.4 Å². The lowest BCUT2D eigenvalue weighted by Crippen LogP contribution is -2.46. The number of halogens is 1. The van der Waals surface area contributed by atoms with Gasteiger partial charge in [0.1, 0.15) is 0 Å². The SMILES string of the molecule is CCC(N)N(C(=O)O)C1CC1.Cl. The van der Waals surface area contributed by atoms with Crippen molar-refractivity contribution in [1.82, 2.24) is 4.90 Å². The Labute approximate surface area is 78.1 Å². The second-order valence-electron chi connectivity index (χ2n) is 2.90. The average molecular weight is 195 g/mol. The van der Waals surface area contributed by atoms with Crippen molar-refractivity contribution < 1.29 is 9.90 Å². The van der Waals surface area contributed by atoms with Crippen LogP contribution >= 0.6 is 12.4 Å². The molecule has 4 nitrogen and oxygen atoms in total. The van der Waals surface area contributed by atoms with Gasteiger partial charge in [0, 0.05) is 6.04 Å². The average Bonchev–Trinajstić information content (AvgIpc) is 2.71. The van der Waals surface area contributed by atoms with E-state index in [-0.39, 0.29) is 24.6 Å². The summed E-state index contributed by atoms with van der Waals surface area (Å²) in [6.07, 6.45) is 1.42. The van der Waals surface area contributed by atoms with Crippen LogP contribution in [-0.2, 0) is 0 Å². The van der Waals surface area contributed by atoms with Gasteiger partial charge in [0.15, 0.2) is 0 Å². The lowest BCUT2D eigenvalue weighted by atomic mass is 10.3. The number of hydrogen-bond acceptors (Lipinski definition) is 2. The van der Waals surface area contributed by atoms with E-state index in [1.54, 1.807) is 0 Å². The Bertz CT molecular complexity index is 161. The van der Waals surface area contributed by atoms with Gasteiger partial charge in [-0.1, -0.05) is 6.92 Å². The summed E-state index contributed by atoms with van der Waals surface area (Å²) in [4.78, 5) is 12.0. The largest absolute Gasteiger partial charge is 0.465 e. The molecule has 0 aromatic rings. The molecular weight excluding hydrogens is 180 g/mol. The summed E-state index contributed by atoms with van der Waals surface area (Å²) in [6, 6.07) is 0.197. The van der Waals surface area contributed by atoms with Crippen molar-refractivity contribution in [2.24, 2.45) is 5.73 Å². The van der Waals surface area contributed by atoms with E-state index in [2.05, 4.69) is 0 Å². The van der Waals surface area contributed by atoms with E-state index in [1.807, 2.05) is 6.92 Å². The Morgan fingerprint density at radius 2 is 2.25 bits per heavy atom. The molecule has 12 heavy (non-hydrogen) atoms. The van der Waals surface area contributed by atoms with Gasteiger partial charge in [0.2, 0.25) is 0 Å². The summed E-state index contributed by atoms with van der Waals surface area (Å²) in [5.41, 5.74) is 5.60. The predicted molar refractivity (Wildman–Crippen MR) is 48.4 cm³/mol. The fraction of sp³-hybridized carbons (Fsp3) is 0.857. The lowest BCUT2D eigenvalue weighted by molar-refractivity contribution is 0.120. The summed E-state index contributed by atoms with van der Waals surface area (Å²) in [5, 5.41) is 8.73. The highest BCUT2D eigenvalue weighted by Crippen LogP contribution is 2.28. The monoisotopic (exact) mass is 194 g/mol. The third-order valence-corrected chi connectivity index (χ3v) is 1.94. The molecule has 3 N–H and O–H groups in total. The van der Waals surface area contributed by atoms with E-state index in [1.165, 1.54) is 4.90 Å². The van der Waals surface area contributed by atoms with Gasteiger partial charge in [-0.2, -0.15) is 0 Å². The van der Waals surface area contributed by atoms with Crippen LogP contribution in [0.4, 0.5) is 4.79 Å². The molecular formula is C7H15ClN2O2. The standard InChI is InChI=1S/C7H14N2O2.ClH/c1-2-6(8)9(7(10)11)5-3-4-5;/h5-6H,2-4,8H2,1H3,(H,10,11);1H. The highest BCUT2D eigenvalue weighted by atomic mass is 35.5. The van der Waals surface area contributed by atoms with Gasteiger partial charge >= 0.3 is 6.09 Å². The highest BCUT2D eigenvalue weighted by molar-refractivity contribution is 5.85. The number of nitrogens with two attached hydrogens (primary N) is 1. The number of hydrogen-bond donors (Lipinski definition) is 2. The van der Waals surface area contributed by atoms with Gasteiger partial charge in [0.05, 0.1) is 6.17 Å². The van der Waals surface area contributed by atoms with Crippen LogP contribution in [0, 0.1) is 0 Å². The number of amides is 1. The molecule has 0 aromatic carbocycles. The van der Waals surface area contributed by atoms with Gasteiger partial charge in [-0.25, -0.2) is 4.79 Å². The topological polar surface area (TPSA) is 66.6 Å². The van der Waals surface area contributed by atoms with E-state index in [0.29, 0.717) is 6.42 Å². The first-order chi connectivity index (χ1) is 5.16. The Balaban J connectivity index is 0.00000121. The van der Waals surface area contributed by atoms with Gasteiger partial charge in [0.25, 0.3) is 0 Å². The van der Waals surface area contributed by atoms with Crippen molar-refractivity contribution >= 4 is 18.5 Å². The number of carbonyl (C=O) groups is 1. The molecule has 1 atom stereocenters. The second kappa shape index (κ2) is 4.52. The Morgan fingerprint density at radius 1 is 1.75 bits per heavy atom. The first-order valence-electron chi connectivity index (χ1n) is 3.93. The minimum absolute atomic E-state index is 0. The summed E-state index contributed by atoms with van der Waals surface area (Å²) in [6.45, 7) is 1.89.